The van der Waals surface area contributed by atoms with Crippen molar-refractivity contribution in [1.29, 1.82) is 0 Å². The topological polar surface area (TPSA) is 128 Å². The zero-order valence-electron chi connectivity index (χ0n) is 16.5. The Morgan fingerprint density at radius 1 is 1.23 bits per heavy atom. The fraction of sp³-hybridized carbons (Fsp3) is 0.190. The number of H-pyrrole nitrogens is 1. The average Bonchev–Trinajstić information content (AvgIpc) is 3.36. The second-order valence-electron chi connectivity index (χ2n) is 7.21. The molecule has 1 aliphatic rings. The van der Waals surface area contributed by atoms with E-state index in [0.29, 0.717) is 23.7 Å². The molecule has 156 valence electrons. The van der Waals surface area contributed by atoms with Crippen molar-refractivity contribution in [2.75, 3.05) is 6.61 Å². The van der Waals surface area contributed by atoms with Gasteiger partial charge in [-0.2, -0.15) is 0 Å². The molecule has 2 aromatic carbocycles. The molecule has 0 aliphatic carbocycles. The Balaban J connectivity index is 1.36. The first-order chi connectivity index (χ1) is 15.1. The minimum atomic E-state index is -0.731. The van der Waals surface area contributed by atoms with Crippen LogP contribution in [0.2, 0.25) is 0 Å². The maximum atomic E-state index is 12.8. The Kier molecular flexibility index (Phi) is 4.58. The van der Waals surface area contributed by atoms with Gasteiger partial charge in [0, 0.05) is 6.42 Å². The van der Waals surface area contributed by atoms with Crippen LogP contribution in [0.15, 0.2) is 57.8 Å². The number of fused-ring (bicyclic) bond motifs is 3. The highest BCUT2D eigenvalue weighted by Gasteiger charge is 2.30. The van der Waals surface area contributed by atoms with Gasteiger partial charge in [-0.15, -0.1) is 5.10 Å². The largest absolute Gasteiger partial charge is 0.489 e. The second kappa shape index (κ2) is 7.56. The molecule has 1 atom stereocenters. The van der Waals surface area contributed by atoms with Gasteiger partial charge in [-0.1, -0.05) is 47.1 Å². The SMILES string of the molecule is Cc1ccc(Cc2nc(C(=O)N[C@H]3COc4ccccc4-n4c3noc4=O)n[nH]2)cc1. The number of hydrogen-bond donors (Lipinski definition) is 2. The molecule has 0 saturated carbocycles. The average molecular weight is 418 g/mol. The van der Waals surface area contributed by atoms with E-state index in [0.717, 1.165) is 5.56 Å². The van der Waals surface area contributed by atoms with E-state index < -0.39 is 17.7 Å². The van der Waals surface area contributed by atoms with Crippen molar-refractivity contribution in [2.24, 2.45) is 0 Å². The number of amides is 1. The van der Waals surface area contributed by atoms with E-state index in [4.69, 9.17) is 9.26 Å². The number of aryl methyl sites for hydroxylation is 1. The Bertz CT molecular complexity index is 1300. The van der Waals surface area contributed by atoms with Crippen LogP contribution < -0.4 is 15.8 Å². The number of aromatic amines is 1. The summed E-state index contributed by atoms with van der Waals surface area (Å²) >= 11 is 0. The quantitative estimate of drug-likeness (QED) is 0.516. The lowest BCUT2D eigenvalue weighted by molar-refractivity contribution is 0.0908. The molecule has 31 heavy (non-hydrogen) atoms. The Hall–Kier alpha value is -4.21. The van der Waals surface area contributed by atoms with Crippen molar-refractivity contribution in [3.05, 3.63) is 87.7 Å². The van der Waals surface area contributed by atoms with Crippen molar-refractivity contribution < 1.29 is 14.1 Å². The van der Waals surface area contributed by atoms with Gasteiger partial charge in [0.05, 0.1) is 5.69 Å². The monoisotopic (exact) mass is 418 g/mol. The standard InChI is InChI=1S/C21H18N6O4/c1-12-6-8-13(9-7-12)10-17-23-18(25-24-17)20(28)22-14-11-30-16-5-3-2-4-15(16)27-19(14)26-31-21(27)29/h2-9,14H,10-11H2,1H3,(H,22,28)(H,23,24,25)/t14-/m0/s1. The third kappa shape index (κ3) is 3.59. The van der Waals surface area contributed by atoms with Gasteiger partial charge in [-0.25, -0.2) is 14.3 Å². The number of carbonyl (C=O) groups is 1. The first-order valence-electron chi connectivity index (χ1n) is 9.67. The lowest BCUT2D eigenvalue weighted by Gasteiger charge is -2.13. The highest BCUT2D eigenvalue weighted by Crippen LogP contribution is 2.28. The number of carbonyl (C=O) groups excluding carboxylic acids is 1. The molecule has 1 amide bonds. The second-order valence-corrected chi connectivity index (χ2v) is 7.21. The van der Waals surface area contributed by atoms with Crippen LogP contribution in [-0.2, 0) is 6.42 Å². The van der Waals surface area contributed by atoms with Crippen LogP contribution in [0, 0.1) is 6.92 Å². The van der Waals surface area contributed by atoms with Crippen molar-refractivity contribution >= 4 is 5.91 Å². The van der Waals surface area contributed by atoms with Crippen molar-refractivity contribution in [3.8, 4) is 11.4 Å². The number of nitrogens with one attached hydrogen (secondary N) is 2. The minimum Gasteiger partial charge on any atom is -0.489 e. The van der Waals surface area contributed by atoms with Crippen molar-refractivity contribution in [2.45, 2.75) is 19.4 Å². The third-order valence-corrected chi connectivity index (χ3v) is 4.98. The van der Waals surface area contributed by atoms with Gasteiger partial charge < -0.3 is 10.1 Å². The van der Waals surface area contributed by atoms with Gasteiger partial charge in [0.2, 0.25) is 5.82 Å². The summed E-state index contributed by atoms with van der Waals surface area (Å²) in [6.07, 6.45) is 0.519. The van der Waals surface area contributed by atoms with Crippen LogP contribution in [0.3, 0.4) is 0 Å². The van der Waals surface area contributed by atoms with E-state index in [9.17, 15) is 9.59 Å². The zero-order chi connectivity index (χ0) is 21.4. The molecule has 0 fully saturated rings. The number of nitrogens with zero attached hydrogens (tertiary/aromatic N) is 4. The molecule has 0 unspecified atom stereocenters. The molecule has 0 spiro atoms. The number of hydrogen-bond acceptors (Lipinski definition) is 7. The predicted octanol–water partition coefficient (Wildman–Crippen LogP) is 1.71. The van der Waals surface area contributed by atoms with Gasteiger partial charge in [-0.3, -0.25) is 14.4 Å². The van der Waals surface area contributed by atoms with Crippen LogP contribution in [0.5, 0.6) is 5.75 Å². The van der Waals surface area contributed by atoms with Crippen LogP contribution in [0.4, 0.5) is 0 Å². The number of para-hydroxylation sites is 2. The summed E-state index contributed by atoms with van der Waals surface area (Å²) in [5, 5.41) is 13.4. The molecule has 4 aromatic rings. The van der Waals surface area contributed by atoms with E-state index in [1.165, 1.54) is 10.1 Å². The van der Waals surface area contributed by atoms with Crippen LogP contribution in [0.1, 0.15) is 39.4 Å². The highest BCUT2D eigenvalue weighted by atomic mass is 16.5. The normalized spacial score (nSPS) is 14.8. The van der Waals surface area contributed by atoms with Gasteiger partial charge in [0.1, 0.15) is 24.2 Å². The molecule has 10 heteroatoms. The number of ether oxygens (including phenoxy) is 1. The van der Waals surface area contributed by atoms with Crippen LogP contribution in [0.25, 0.3) is 5.69 Å². The van der Waals surface area contributed by atoms with Crippen molar-refractivity contribution in [3.63, 3.8) is 0 Å². The number of aromatic nitrogens is 5. The molecular weight excluding hydrogens is 400 g/mol. The summed E-state index contributed by atoms with van der Waals surface area (Å²) in [6, 6.07) is 14.3. The molecule has 1 aliphatic heterocycles. The van der Waals surface area contributed by atoms with Crippen LogP contribution in [-0.4, -0.2) is 37.4 Å². The van der Waals surface area contributed by atoms with Gasteiger partial charge >= 0.3 is 5.76 Å². The number of rotatable bonds is 4. The van der Waals surface area contributed by atoms with E-state index in [1.807, 2.05) is 31.2 Å². The zero-order valence-corrected chi connectivity index (χ0v) is 16.5. The maximum Gasteiger partial charge on any atom is 0.446 e. The third-order valence-electron chi connectivity index (χ3n) is 4.98. The Morgan fingerprint density at radius 2 is 2.03 bits per heavy atom. The maximum absolute atomic E-state index is 12.8. The van der Waals surface area contributed by atoms with E-state index in [1.54, 1.807) is 24.3 Å². The molecule has 0 radical (unpaired) electrons. The summed E-state index contributed by atoms with van der Waals surface area (Å²) < 4.78 is 11.9. The molecule has 2 N–H and O–H groups in total. The predicted molar refractivity (Wildman–Crippen MR) is 108 cm³/mol. The molecule has 3 heterocycles. The lowest BCUT2D eigenvalue weighted by Crippen LogP contribution is -2.34. The fourth-order valence-corrected chi connectivity index (χ4v) is 3.42. The van der Waals surface area contributed by atoms with E-state index in [-0.39, 0.29) is 18.3 Å². The summed E-state index contributed by atoms with van der Waals surface area (Å²) in [6.45, 7) is 2.08. The first kappa shape index (κ1) is 18.8. The summed E-state index contributed by atoms with van der Waals surface area (Å²) in [5.41, 5.74) is 2.72. The Labute approximate surface area is 175 Å². The summed E-state index contributed by atoms with van der Waals surface area (Å²) in [5.74, 6) is 0.0966. The van der Waals surface area contributed by atoms with Gasteiger partial charge in [-0.05, 0) is 24.6 Å². The molecular formula is C21H18N6O4. The van der Waals surface area contributed by atoms with Crippen LogP contribution >= 0.6 is 0 Å². The lowest BCUT2D eigenvalue weighted by atomic mass is 10.1. The van der Waals surface area contributed by atoms with E-state index >= 15 is 0 Å². The molecule has 10 nitrogen and oxygen atoms in total. The smallest absolute Gasteiger partial charge is 0.446 e. The number of benzene rings is 2. The highest BCUT2D eigenvalue weighted by molar-refractivity contribution is 5.90. The molecule has 2 aromatic heterocycles. The molecule has 5 rings (SSSR count). The first-order valence-corrected chi connectivity index (χ1v) is 9.67. The summed E-state index contributed by atoms with van der Waals surface area (Å²) in [7, 11) is 0. The summed E-state index contributed by atoms with van der Waals surface area (Å²) in [4.78, 5) is 29.3. The van der Waals surface area contributed by atoms with Gasteiger partial charge in [0.15, 0.2) is 5.82 Å². The molecule has 0 saturated heterocycles. The Morgan fingerprint density at radius 3 is 2.87 bits per heavy atom. The van der Waals surface area contributed by atoms with E-state index in [2.05, 4.69) is 25.7 Å². The molecule has 0 bridgehead atoms. The fourth-order valence-electron chi connectivity index (χ4n) is 3.42. The van der Waals surface area contributed by atoms with Gasteiger partial charge in [0.25, 0.3) is 5.91 Å². The minimum absolute atomic E-state index is 0.0127. The van der Waals surface area contributed by atoms with Crippen molar-refractivity contribution in [1.82, 2.24) is 30.2 Å².